The Bertz CT molecular complexity index is 1090. The largest absolute Gasteiger partial charge is 0.496 e. The molecular formula is C24H20N2O3. The third-order valence-electron chi connectivity index (χ3n) is 4.32. The van der Waals surface area contributed by atoms with Gasteiger partial charge in [-0.3, -0.25) is 0 Å². The number of hydrogen-bond acceptors (Lipinski definition) is 5. The SMILES string of the molecule is COc1ccc(/C=C\c2nnc(-c3ccccc3)o2)cc1COc1ccccc1. The second-order valence-corrected chi connectivity index (χ2v) is 6.32. The minimum absolute atomic E-state index is 0.410. The molecule has 0 saturated carbocycles. The molecule has 5 heteroatoms. The summed E-state index contributed by atoms with van der Waals surface area (Å²) in [4.78, 5) is 0. The minimum Gasteiger partial charge on any atom is -0.496 e. The standard InChI is InChI=1S/C24H20N2O3/c1-27-22-14-12-18(16-20(22)17-28-21-10-6-3-7-11-21)13-15-23-25-26-24(29-23)19-8-4-2-5-9-19/h2-16H,17H2,1H3/b15-13-. The average molecular weight is 384 g/mol. The van der Waals surface area contributed by atoms with Gasteiger partial charge in [0.25, 0.3) is 0 Å². The Morgan fingerprint density at radius 3 is 2.38 bits per heavy atom. The molecule has 0 radical (unpaired) electrons. The number of methoxy groups -OCH3 is 1. The van der Waals surface area contributed by atoms with Gasteiger partial charge in [0.05, 0.1) is 7.11 Å². The van der Waals surface area contributed by atoms with Gasteiger partial charge in [-0.25, -0.2) is 0 Å². The predicted octanol–water partition coefficient (Wildman–Crippen LogP) is 5.49. The summed E-state index contributed by atoms with van der Waals surface area (Å²) in [5.74, 6) is 2.54. The molecule has 0 atom stereocenters. The van der Waals surface area contributed by atoms with Gasteiger partial charge in [0.2, 0.25) is 11.8 Å². The lowest BCUT2D eigenvalue weighted by atomic mass is 10.1. The zero-order valence-corrected chi connectivity index (χ0v) is 16.0. The molecule has 4 rings (SSSR count). The van der Waals surface area contributed by atoms with Crippen LogP contribution in [0.15, 0.2) is 83.3 Å². The molecule has 0 spiro atoms. The van der Waals surface area contributed by atoms with Gasteiger partial charge in [0.15, 0.2) is 0 Å². The van der Waals surface area contributed by atoms with Crippen molar-refractivity contribution in [3.8, 4) is 23.0 Å². The minimum atomic E-state index is 0.410. The first kappa shape index (κ1) is 18.5. The molecule has 0 saturated heterocycles. The monoisotopic (exact) mass is 384 g/mol. The second-order valence-electron chi connectivity index (χ2n) is 6.32. The van der Waals surface area contributed by atoms with E-state index in [1.807, 2.05) is 84.9 Å². The molecule has 3 aromatic carbocycles. The number of aromatic nitrogens is 2. The van der Waals surface area contributed by atoms with Crippen LogP contribution in [0.4, 0.5) is 0 Å². The summed E-state index contributed by atoms with van der Waals surface area (Å²) in [6.07, 6.45) is 3.72. The molecule has 0 N–H and O–H groups in total. The molecule has 0 aliphatic carbocycles. The first-order valence-electron chi connectivity index (χ1n) is 9.23. The number of nitrogens with zero attached hydrogens (tertiary/aromatic N) is 2. The van der Waals surface area contributed by atoms with E-state index < -0.39 is 0 Å². The highest BCUT2D eigenvalue weighted by molar-refractivity contribution is 5.67. The molecule has 0 fully saturated rings. The zero-order chi connectivity index (χ0) is 19.9. The smallest absolute Gasteiger partial charge is 0.248 e. The predicted molar refractivity (Wildman–Crippen MR) is 112 cm³/mol. The molecule has 144 valence electrons. The lowest BCUT2D eigenvalue weighted by Crippen LogP contribution is -1.99. The van der Waals surface area contributed by atoms with Crippen molar-refractivity contribution in [1.82, 2.24) is 10.2 Å². The van der Waals surface area contributed by atoms with Crippen molar-refractivity contribution < 1.29 is 13.9 Å². The first-order chi connectivity index (χ1) is 14.3. The van der Waals surface area contributed by atoms with Crippen molar-refractivity contribution >= 4 is 12.2 Å². The van der Waals surface area contributed by atoms with Gasteiger partial charge in [0.1, 0.15) is 18.1 Å². The summed E-state index contributed by atoms with van der Waals surface area (Å²) >= 11 is 0. The van der Waals surface area contributed by atoms with Gasteiger partial charge in [-0.15, -0.1) is 10.2 Å². The molecule has 0 aliphatic heterocycles. The molecule has 1 aromatic heterocycles. The van der Waals surface area contributed by atoms with Crippen LogP contribution in [0, 0.1) is 0 Å². The molecule has 0 aliphatic rings. The van der Waals surface area contributed by atoms with Crippen molar-refractivity contribution in [2.24, 2.45) is 0 Å². The van der Waals surface area contributed by atoms with E-state index in [4.69, 9.17) is 13.9 Å². The summed E-state index contributed by atoms with van der Waals surface area (Å²) < 4.78 is 17.0. The summed E-state index contributed by atoms with van der Waals surface area (Å²) in [5.41, 5.74) is 2.83. The average Bonchev–Trinajstić information content (AvgIpc) is 3.27. The molecule has 5 nitrogen and oxygen atoms in total. The number of hydrogen-bond donors (Lipinski definition) is 0. The van der Waals surface area contributed by atoms with Crippen LogP contribution in [-0.2, 0) is 6.61 Å². The van der Waals surface area contributed by atoms with Crippen molar-refractivity contribution in [3.05, 3.63) is 95.9 Å². The Balaban J connectivity index is 1.49. The van der Waals surface area contributed by atoms with Gasteiger partial charge in [-0.05, 0) is 48.0 Å². The lowest BCUT2D eigenvalue weighted by molar-refractivity contribution is 0.296. The lowest BCUT2D eigenvalue weighted by Gasteiger charge is -2.11. The summed E-state index contributed by atoms with van der Waals surface area (Å²) in [7, 11) is 1.65. The summed E-state index contributed by atoms with van der Waals surface area (Å²) in [6.45, 7) is 0.410. The molecule has 0 bridgehead atoms. The molecule has 0 unspecified atom stereocenters. The number of para-hydroxylation sites is 1. The highest BCUT2D eigenvalue weighted by Gasteiger charge is 2.07. The van der Waals surface area contributed by atoms with E-state index in [1.54, 1.807) is 13.2 Å². The maximum Gasteiger partial charge on any atom is 0.248 e. The van der Waals surface area contributed by atoms with Crippen molar-refractivity contribution in [1.29, 1.82) is 0 Å². The number of rotatable bonds is 7. The van der Waals surface area contributed by atoms with Crippen LogP contribution in [0.3, 0.4) is 0 Å². The summed E-state index contributed by atoms with van der Waals surface area (Å²) in [6, 6.07) is 25.3. The Labute approximate surface area is 169 Å². The van der Waals surface area contributed by atoms with Crippen LogP contribution >= 0.6 is 0 Å². The summed E-state index contributed by atoms with van der Waals surface area (Å²) in [5, 5.41) is 8.19. The van der Waals surface area contributed by atoms with Gasteiger partial charge in [0, 0.05) is 17.2 Å². The van der Waals surface area contributed by atoms with Gasteiger partial charge >= 0.3 is 0 Å². The highest BCUT2D eigenvalue weighted by Crippen LogP contribution is 2.24. The van der Waals surface area contributed by atoms with Crippen LogP contribution in [0.25, 0.3) is 23.6 Å². The third-order valence-corrected chi connectivity index (χ3v) is 4.32. The quantitative estimate of drug-likeness (QED) is 0.421. The van der Waals surface area contributed by atoms with Crippen LogP contribution < -0.4 is 9.47 Å². The Kier molecular flexibility index (Phi) is 5.67. The normalized spacial score (nSPS) is 10.9. The van der Waals surface area contributed by atoms with E-state index in [1.165, 1.54) is 0 Å². The van der Waals surface area contributed by atoms with Gasteiger partial charge in [-0.1, -0.05) is 42.5 Å². The van der Waals surface area contributed by atoms with E-state index in [0.29, 0.717) is 18.4 Å². The van der Waals surface area contributed by atoms with E-state index >= 15 is 0 Å². The molecule has 0 amide bonds. The Morgan fingerprint density at radius 2 is 1.62 bits per heavy atom. The van der Waals surface area contributed by atoms with Crippen molar-refractivity contribution in [3.63, 3.8) is 0 Å². The van der Waals surface area contributed by atoms with Crippen molar-refractivity contribution in [2.75, 3.05) is 7.11 Å². The number of benzene rings is 3. The topological polar surface area (TPSA) is 57.4 Å². The molecule has 4 aromatic rings. The zero-order valence-electron chi connectivity index (χ0n) is 16.0. The van der Waals surface area contributed by atoms with Crippen LogP contribution in [-0.4, -0.2) is 17.3 Å². The van der Waals surface area contributed by atoms with E-state index in [2.05, 4.69) is 10.2 Å². The van der Waals surface area contributed by atoms with Gasteiger partial charge < -0.3 is 13.9 Å². The fourth-order valence-corrected chi connectivity index (χ4v) is 2.86. The maximum absolute atomic E-state index is 5.86. The van der Waals surface area contributed by atoms with Crippen LogP contribution in [0.5, 0.6) is 11.5 Å². The first-order valence-corrected chi connectivity index (χ1v) is 9.23. The highest BCUT2D eigenvalue weighted by atomic mass is 16.5. The fourth-order valence-electron chi connectivity index (χ4n) is 2.86. The van der Waals surface area contributed by atoms with Crippen LogP contribution in [0.2, 0.25) is 0 Å². The van der Waals surface area contributed by atoms with E-state index in [0.717, 1.165) is 28.2 Å². The maximum atomic E-state index is 5.86. The fraction of sp³-hybridized carbons (Fsp3) is 0.0833. The molecular weight excluding hydrogens is 364 g/mol. The van der Waals surface area contributed by atoms with E-state index in [-0.39, 0.29) is 0 Å². The Hall–Kier alpha value is -3.86. The van der Waals surface area contributed by atoms with Crippen LogP contribution in [0.1, 0.15) is 17.0 Å². The number of ether oxygens (including phenoxy) is 2. The second kappa shape index (κ2) is 8.89. The Morgan fingerprint density at radius 1 is 0.862 bits per heavy atom. The third kappa shape index (κ3) is 4.71. The van der Waals surface area contributed by atoms with Crippen molar-refractivity contribution in [2.45, 2.75) is 6.61 Å². The van der Waals surface area contributed by atoms with Gasteiger partial charge in [-0.2, -0.15) is 0 Å². The molecule has 1 heterocycles. The molecule has 29 heavy (non-hydrogen) atoms. The van der Waals surface area contributed by atoms with E-state index in [9.17, 15) is 0 Å².